The van der Waals surface area contributed by atoms with Crippen molar-refractivity contribution in [2.24, 2.45) is 17.8 Å². The molecule has 0 saturated carbocycles. The van der Waals surface area contributed by atoms with E-state index in [9.17, 15) is 23.1 Å². The Morgan fingerprint density at radius 2 is 1.70 bits per heavy atom. The number of methoxy groups -OCH3 is 2. The van der Waals surface area contributed by atoms with Crippen molar-refractivity contribution in [3.05, 3.63) is 60.2 Å². The van der Waals surface area contributed by atoms with Crippen LogP contribution in [0.1, 0.15) is 25.8 Å². The molecular weight excluding hydrogens is 592 g/mol. The molecule has 2 aliphatic rings. The molecule has 0 radical (unpaired) electrons. The lowest BCUT2D eigenvalue weighted by atomic mass is 9.90. The van der Waals surface area contributed by atoms with E-state index < -0.39 is 58.5 Å². The minimum atomic E-state index is -3.97. The van der Waals surface area contributed by atoms with Gasteiger partial charge in [-0.05, 0) is 42.2 Å². The summed E-state index contributed by atoms with van der Waals surface area (Å²) < 4.78 is 55.6. The van der Waals surface area contributed by atoms with Crippen LogP contribution in [-0.4, -0.2) is 95.0 Å². The lowest BCUT2D eigenvalue weighted by Gasteiger charge is -2.30. The summed E-state index contributed by atoms with van der Waals surface area (Å²) in [6, 6.07) is 15.0. The molecule has 1 amide bonds. The zero-order valence-electron chi connectivity index (χ0n) is 25.5. The summed E-state index contributed by atoms with van der Waals surface area (Å²) in [6.45, 7) is 4.02. The second kappa shape index (κ2) is 15.2. The molecule has 6 atom stereocenters. The molecule has 242 valence electrons. The predicted octanol–water partition coefficient (Wildman–Crippen LogP) is 2.59. The van der Waals surface area contributed by atoms with Crippen LogP contribution in [0.2, 0.25) is 0 Å². The first-order valence-corrected chi connectivity index (χ1v) is 16.1. The number of fused-ring (bicyclic) bond motifs is 1. The van der Waals surface area contributed by atoms with Gasteiger partial charge < -0.3 is 34.1 Å². The number of rotatable bonds is 14. The van der Waals surface area contributed by atoms with Crippen molar-refractivity contribution in [3.8, 4) is 5.75 Å². The van der Waals surface area contributed by atoms with Crippen molar-refractivity contribution in [3.63, 3.8) is 0 Å². The van der Waals surface area contributed by atoms with Gasteiger partial charge in [0, 0.05) is 19.0 Å². The highest BCUT2D eigenvalue weighted by Crippen LogP contribution is 2.34. The molecule has 0 aliphatic carbocycles. The molecular formula is C31H42N2O10S. The Morgan fingerprint density at radius 3 is 2.34 bits per heavy atom. The van der Waals surface area contributed by atoms with E-state index in [0.717, 1.165) is 5.56 Å². The quantitative estimate of drug-likeness (QED) is 0.297. The van der Waals surface area contributed by atoms with Crippen LogP contribution in [0, 0.1) is 17.8 Å². The number of carbonyl (C=O) groups excluding carboxylic acids is 2. The summed E-state index contributed by atoms with van der Waals surface area (Å²) in [5.41, 5.74) is 0.883. The zero-order valence-corrected chi connectivity index (χ0v) is 26.3. The molecule has 13 heteroatoms. The summed E-state index contributed by atoms with van der Waals surface area (Å²) >= 11 is 0. The van der Waals surface area contributed by atoms with Gasteiger partial charge in [0.05, 0.1) is 56.8 Å². The van der Waals surface area contributed by atoms with Crippen LogP contribution < -0.4 is 10.1 Å². The first-order valence-electron chi connectivity index (χ1n) is 14.6. The molecule has 2 fully saturated rings. The van der Waals surface area contributed by atoms with Crippen molar-refractivity contribution in [2.45, 2.75) is 56.1 Å². The standard InChI is InChI=1S/C31H42N2O10S/c1-20(2)16-33(44(37,38)24-12-10-23(39-3)11-13-24)17-26(34)22(14-21-8-6-5-7-9-21)15-28(35)43-27-19-42-30-29(27)25(18-41-30)32-31(36)40-4/h5-13,20,22,25-27,29-30,34H,14-19H2,1-4H3,(H,32,36)/t22-,25+,26-,27+,29+,30-/m1/s1. The fourth-order valence-electron chi connectivity index (χ4n) is 5.59. The van der Waals surface area contributed by atoms with Crippen LogP contribution in [0.4, 0.5) is 4.79 Å². The number of alkyl carbamates (subject to hydrolysis) is 1. The van der Waals surface area contributed by atoms with Gasteiger partial charge in [-0.15, -0.1) is 0 Å². The fraction of sp³-hybridized carbons (Fsp3) is 0.548. The number of hydrogen-bond acceptors (Lipinski definition) is 10. The van der Waals surface area contributed by atoms with Crippen LogP contribution >= 0.6 is 0 Å². The number of ether oxygens (including phenoxy) is 5. The van der Waals surface area contributed by atoms with E-state index in [-0.39, 0.29) is 43.5 Å². The highest BCUT2D eigenvalue weighted by molar-refractivity contribution is 7.89. The second-order valence-corrected chi connectivity index (χ2v) is 13.4. The van der Waals surface area contributed by atoms with Gasteiger partial charge in [0.2, 0.25) is 10.0 Å². The van der Waals surface area contributed by atoms with Crippen molar-refractivity contribution < 1.29 is 46.8 Å². The lowest BCUT2D eigenvalue weighted by molar-refractivity contribution is -0.153. The van der Waals surface area contributed by atoms with Crippen molar-refractivity contribution in [1.29, 1.82) is 0 Å². The third-order valence-corrected chi connectivity index (χ3v) is 9.66. The van der Waals surface area contributed by atoms with Gasteiger partial charge in [0.15, 0.2) is 6.29 Å². The maximum Gasteiger partial charge on any atom is 0.407 e. The van der Waals surface area contributed by atoms with Crippen LogP contribution in [0.25, 0.3) is 0 Å². The topological polar surface area (TPSA) is 150 Å². The lowest BCUT2D eigenvalue weighted by Crippen LogP contribution is -2.45. The average molecular weight is 635 g/mol. The minimum absolute atomic E-state index is 0.0248. The van der Waals surface area contributed by atoms with E-state index in [1.807, 2.05) is 44.2 Å². The Balaban J connectivity index is 1.50. The molecule has 2 aromatic rings. The number of aliphatic hydroxyl groups excluding tert-OH is 1. The maximum atomic E-state index is 13.7. The number of sulfonamides is 1. The molecule has 2 aliphatic heterocycles. The molecule has 44 heavy (non-hydrogen) atoms. The smallest absolute Gasteiger partial charge is 0.407 e. The van der Waals surface area contributed by atoms with E-state index in [4.69, 9.17) is 23.7 Å². The second-order valence-electron chi connectivity index (χ2n) is 11.5. The van der Waals surface area contributed by atoms with Crippen molar-refractivity contribution >= 4 is 22.1 Å². The Kier molecular flexibility index (Phi) is 11.6. The predicted molar refractivity (Wildman–Crippen MR) is 159 cm³/mol. The van der Waals surface area contributed by atoms with Crippen LogP contribution in [0.3, 0.4) is 0 Å². The zero-order chi connectivity index (χ0) is 31.9. The first kappa shape index (κ1) is 33.7. The van der Waals surface area contributed by atoms with Gasteiger partial charge in [-0.2, -0.15) is 4.31 Å². The summed E-state index contributed by atoms with van der Waals surface area (Å²) in [6.07, 6.45) is -2.98. The maximum absolute atomic E-state index is 13.7. The summed E-state index contributed by atoms with van der Waals surface area (Å²) in [7, 11) is -1.21. The molecule has 2 heterocycles. The number of benzene rings is 2. The van der Waals surface area contributed by atoms with Gasteiger partial charge in [-0.1, -0.05) is 44.2 Å². The molecule has 2 N–H and O–H groups in total. The van der Waals surface area contributed by atoms with Crippen LogP contribution in [0.5, 0.6) is 5.75 Å². The molecule has 12 nitrogen and oxygen atoms in total. The summed E-state index contributed by atoms with van der Waals surface area (Å²) in [5.74, 6) is -1.16. The fourth-order valence-corrected chi connectivity index (χ4v) is 7.21. The monoisotopic (exact) mass is 634 g/mol. The molecule has 0 bridgehead atoms. The highest BCUT2D eigenvalue weighted by Gasteiger charge is 2.50. The molecule has 0 unspecified atom stereocenters. The van der Waals surface area contributed by atoms with Gasteiger partial charge in [0.1, 0.15) is 11.9 Å². The van der Waals surface area contributed by atoms with Crippen molar-refractivity contribution in [2.75, 3.05) is 40.5 Å². The van der Waals surface area contributed by atoms with Gasteiger partial charge in [-0.25, -0.2) is 13.2 Å². The number of esters is 1. The number of nitrogens with zero attached hydrogens (tertiary/aromatic N) is 1. The van der Waals surface area contributed by atoms with Gasteiger partial charge in [-0.3, -0.25) is 4.79 Å². The van der Waals surface area contributed by atoms with E-state index in [1.165, 1.54) is 30.7 Å². The van der Waals surface area contributed by atoms with Crippen molar-refractivity contribution in [1.82, 2.24) is 9.62 Å². The normalized spacial score (nSPS) is 22.8. The summed E-state index contributed by atoms with van der Waals surface area (Å²) in [4.78, 5) is 25.2. The minimum Gasteiger partial charge on any atom is -0.497 e. The van der Waals surface area contributed by atoms with Gasteiger partial charge in [0.25, 0.3) is 0 Å². The van der Waals surface area contributed by atoms with E-state index in [1.54, 1.807) is 12.1 Å². The molecule has 0 aromatic heterocycles. The van der Waals surface area contributed by atoms with Crippen LogP contribution in [0.15, 0.2) is 59.5 Å². The third-order valence-electron chi connectivity index (χ3n) is 7.81. The number of nitrogens with one attached hydrogen (secondary N) is 1. The van der Waals surface area contributed by atoms with Gasteiger partial charge >= 0.3 is 12.1 Å². The Bertz CT molecular complexity index is 1340. The molecule has 2 aromatic carbocycles. The largest absolute Gasteiger partial charge is 0.497 e. The van der Waals surface area contributed by atoms with E-state index in [0.29, 0.717) is 12.2 Å². The Hall–Kier alpha value is -3.23. The summed E-state index contributed by atoms with van der Waals surface area (Å²) in [5, 5.41) is 14.2. The Morgan fingerprint density at radius 1 is 1.02 bits per heavy atom. The first-order chi connectivity index (χ1) is 21.0. The van der Waals surface area contributed by atoms with E-state index in [2.05, 4.69) is 5.32 Å². The Labute approximate surface area is 258 Å². The number of hydrogen-bond donors (Lipinski definition) is 2. The third kappa shape index (κ3) is 8.48. The van der Waals surface area contributed by atoms with Crippen LogP contribution in [-0.2, 0) is 40.2 Å². The highest BCUT2D eigenvalue weighted by atomic mass is 32.2. The number of carbonyl (C=O) groups is 2. The van der Waals surface area contributed by atoms with E-state index >= 15 is 0 Å². The molecule has 2 saturated heterocycles. The molecule has 0 spiro atoms. The number of amides is 1. The average Bonchev–Trinajstić information content (AvgIpc) is 3.59. The number of aliphatic hydroxyl groups is 1. The molecule has 4 rings (SSSR count). The SMILES string of the molecule is COC(=O)N[C@H]1CO[C@@H]2OC[C@H](OC(=O)C[C@@H](Cc3ccccc3)[C@H](O)CN(CC(C)C)S(=O)(=O)c3ccc(OC)cc3)[C@@H]21.